The summed E-state index contributed by atoms with van der Waals surface area (Å²) < 4.78 is 12.1. The first-order chi connectivity index (χ1) is 17.5. The van der Waals surface area contributed by atoms with E-state index in [9.17, 15) is 19.2 Å². The highest BCUT2D eigenvalue weighted by atomic mass is 16.7. The second-order valence-electron chi connectivity index (χ2n) is 8.42. The Labute approximate surface area is 208 Å². The smallest absolute Gasteiger partial charge is 0.310 e. The van der Waals surface area contributed by atoms with Gasteiger partial charge in [0, 0.05) is 12.6 Å². The molecule has 2 heterocycles. The molecule has 0 spiro atoms. The summed E-state index contributed by atoms with van der Waals surface area (Å²) in [5.41, 5.74) is 1.51. The van der Waals surface area contributed by atoms with Gasteiger partial charge in [0.2, 0.25) is 18.1 Å². The molecule has 2 atom stereocenters. The molecule has 0 radical (unpaired) electrons. The van der Waals surface area contributed by atoms with Crippen LogP contribution in [0.15, 0.2) is 83.8 Å². The van der Waals surface area contributed by atoms with Gasteiger partial charge in [0.15, 0.2) is 0 Å². The van der Waals surface area contributed by atoms with Gasteiger partial charge in [-0.1, -0.05) is 60.7 Å². The van der Waals surface area contributed by atoms with E-state index >= 15 is 0 Å². The number of rotatable bonds is 10. The monoisotopic (exact) mass is 489 g/mol. The summed E-state index contributed by atoms with van der Waals surface area (Å²) in [4.78, 5) is 49.6. The topological polar surface area (TPSA) is 116 Å². The number of hydrogen-bond donors (Lipinski definition) is 2. The van der Waals surface area contributed by atoms with Crippen LogP contribution in [0.25, 0.3) is 0 Å². The minimum atomic E-state index is -0.923. The summed E-state index contributed by atoms with van der Waals surface area (Å²) in [5.74, 6) is -1.25. The van der Waals surface area contributed by atoms with E-state index in [0.717, 1.165) is 11.1 Å². The van der Waals surface area contributed by atoms with E-state index in [4.69, 9.17) is 9.47 Å². The number of cyclic esters (lactones) is 1. The molecule has 1 aromatic heterocycles. The molecular formula is C27H27N3O6. The summed E-state index contributed by atoms with van der Waals surface area (Å²) in [6.45, 7) is -0.0702. The van der Waals surface area contributed by atoms with E-state index in [0.29, 0.717) is 6.42 Å². The van der Waals surface area contributed by atoms with Crippen LogP contribution in [0.4, 0.5) is 5.69 Å². The Morgan fingerprint density at radius 1 is 0.917 bits per heavy atom. The number of aromatic nitrogens is 1. The van der Waals surface area contributed by atoms with Gasteiger partial charge in [-0.2, -0.15) is 0 Å². The average molecular weight is 490 g/mol. The SMILES string of the molecule is O=C(CCc1ccccc1)Nc1cccn(CC(=O)NC2CC(=O)OC2OCc2ccccc2)c1=O. The molecule has 4 rings (SSSR count). The Morgan fingerprint density at radius 2 is 1.61 bits per heavy atom. The maximum absolute atomic E-state index is 12.8. The molecule has 186 valence electrons. The first-order valence-corrected chi connectivity index (χ1v) is 11.7. The molecule has 1 aliphatic rings. The Morgan fingerprint density at radius 3 is 2.33 bits per heavy atom. The number of amides is 2. The first kappa shape index (κ1) is 24.9. The molecular weight excluding hydrogens is 462 g/mol. The number of ether oxygens (including phenoxy) is 2. The molecule has 36 heavy (non-hydrogen) atoms. The van der Waals surface area contributed by atoms with Crippen LogP contribution in [0.3, 0.4) is 0 Å². The number of aryl methyl sites for hydroxylation is 1. The minimum absolute atomic E-state index is 0.0302. The van der Waals surface area contributed by atoms with Crippen molar-refractivity contribution in [3.05, 3.63) is 100 Å². The fourth-order valence-corrected chi connectivity index (χ4v) is 3.84. The maximum atomic E-state index is 12.8. The lowest BCUT2D eigenvalue weighted by atomic mass is 10.1. The highest BCUT2D eigenvalue weighted by Gasteiger charge is 2.36. The summed E-state index contributed by atoms with van der Waals surface area (Å²) >= 11 is 0. The van der Waals surface area contributed by atoms with Crippen molar-refractivity contribution >= 4 is 23.5 Å². The van der Waals surface area contributed by atoms with E-state index in [2.05, 4.69) is 10.6 Å². The Balaban J connectivity index is 1.31. The van der Waals surface area contributed by atoms with Crippen molar-refractivity contribution in [2.75, 3.05) is 5.32 Å². The third kappa shape index (κ3) is 6.89. The van der Waals surface area contributed by atoms with E-state index in [-0.39, 0.29) is 37.6 Å². The van der Waals surface area contributed by atoms with Crippen LogP contribution in [0, 0.1) is 0 Å². The number of esters is 1. The molecule has 2 unspecified atom stereocenters. The lowest BCUT2D eigenvalue weighted by Gasteiger charge is -2.19. The zero-order chi connectivity index (χ0) is 25.3. The predicted octanol–water partition coefficient (Wildman–Crippen LogP) is 2.39. The summed E-state index contributed by atoms with van der Waals surface area (Å²) in [6.07, 6.45) is 1.28. The number of nitrogens with one attached hydrogen (secondary N) is 2. The van der Waals surface area contributed by atoms with Crippen LogP contribution in [-0.4, -0.2) is 34.7 Å². The number of nitrogens with zero attached hydrogens (tertiary/aromatic N) is 1. The normalized spacial score (nSPS) is 16.8. The number of pyridine rings is 1. The Bertz CT molecular complexity index is 1260. The highest BCUT2D eigenvalue weighted by molar-refractivity contribution is 5.90. The number of hydrogen-bond acceptors (Lipinski definition) is 6. The molecule has 3 aromatic rings. The summed E-state index contributed by atoms with van der Waals surface area (Å²) in [6, 6.07) is 21.4. The fourth-order valence-electron chi connectivity index (χ4n) is 3.84. The van der Waals surface area contributed by atoms with Gasteiger partial charge < -0.3 is 24.7 Å². The van der Waals surface area contributed by atoms with Crippen molar-refractivity contribution in [3.8, 4) is 0 Å². The van der Waals surface area contributed by atoms with Crippen LogP contribution in [-0.2, 0) is 43.4 Å². The van der Waals surface area contributed by atoms with Gasteiger partial charge >= 0.3 is 5.97 Å². The number of benzene rings is 2. The van der Waals surface area contributed by atoms with Crippen LogP contribution in [0.2, 0.25) is 0 Å². The van der Waals surface area contributed by atoms with Crippen molar-refractivity contribution in [1.29, 1.82) is 0 Å². The zero-order valence-corrected chi connectivity index (χ0v) is 19.6. The minimum Gasteiger partial charge on any atom is -0.433 e. The quantitative estimate of drug-likeness (QED) is 0.423. The van der Waals surface area contributed by atoms with Gasteiger partial charge in [-0.25, -0.2) is 0 Å². The molecule has 1 fully saturated rings. The van der Waals surface area contributed by atoms with Crippen LogP contribution < -0.4 is 16.2 Å². The highest BCUT2D eigenvalue weighted by Crippen LogP contribution is 2.18. The van der Waals surface area contributed by atoms with E-state index < -0.39 is 29.8 Å². The molecule has 0 bridgehead atoms. The maximum Gasteiger partial charge on any atom is 0.310 e. The lowest BCUT2D eigenvalue weighted by Crippen LogP contribution is -2.44. The third-order valence-electron chi connectivity index (χ3n) is 5.66. The van der Waals surface area contributed by atoms with E-state index in [1.54, 1.807) is 6.07 Å². The van der Waals surface area contributed by atoms with Crippen LogP contribution in [0.1, 0.15) is 24.0 Å². The third-order valence-corrected chi connectivity index (χ3v) is 5.66. The molecule has 9 heteroatoms. The second-order valence-corrected chi connectivity index (χ2v) is 8.42. The number of anilines is 1. The molecule has 1 saturated heterocycles. The zero-order valence-electron chi connectivity index (χ0n) is 19.6. The molecule has 2 amide bonds. The Hall–Kier alpha value is -4.24. The van der Waals surface area contributed by atoms with Gasteiger partial charge in [-0.05, 0) is 29.7 Å². The van der Waals surface area contributed by atoms with Crippen molar-refractivity contribution in [2.24, 2.45) is 0 Å². The Kier molecular flexibility index (Phi) is 8.25. The number of carbonyl (C=O) groups excluding carboxylic acids is 3. The summed E-state index contributed by atoms with van der Waals surface area (Å²) in [7, 11) is 0. The molecule has 9 nitrogen and oxygen atoms in total. The van der Waals surface area contributed by atoms with Crippen molar-refractivity contribution in [1.82, 2.24) is 9.88 Å². The predicted molar refractivity (Wildman–Crippen MR) is 132 cm³/mol. The van der Waals surface area contributed by atoms with E-state index in [1.165, 1.54) is 16.8 Å². The fraction of sp³-hybridized carbons (Fsp3) is 0.259. The standard InChI is InChI=1S/C27H27N3O6/c31-23(14-13-19-8-3-1-4-9-19)28-21-12-7-15-30(26(21)34)17-24(32)29-22-16-25(33)36-27(22)35-18-20-10-5-2-6-11-20/h1-12,15,22,27H,13-14,16-18H2,(H,28,31)(H,29,32). The lowest BCUT2D eigenvalue weighted by molar-refractivity contribution is -0.168. The number of carbonyl (C=O) groups is 3. The van der Waals surface area contributed by atoms with Crippen LogP contribution in [0.5, 0.6) is 0 Å². The molecule has 2 aromatic carbocycles. The van der Waals surface area contributed by atoms with Crippen molar-refractivity contribution < 1.29 is 23.9 Å². The largest absolute Gasteiger partial charge is 0.433 e. The van der Waals surface area contributed by atoms with Gasteiger partial charge in [0.05, 0.1) is 13.0 Å². The van der Waals surface area contributed by atoms with Gasteiger partial charge in [-0.3, -0.25) is 19.2 Å². The first-order valence-electron chi connectivity index (χ1n) is 11.7. The van der Waals surface area contributed by atoms with E-state index in [1.807, 2.05) is 60.7 Å². The second kappa shape index (κ2) is 11.9. The summed E-state index contributed by atoms with van der Waals surface area (Å²) in [5, 5.41) is 5.34. The van der Waals surface area contributed by atoms with Gasteiger partial charge in [-0.15, -0.1) is 0 Å². The molecule has 1 aliphatic heterocycles. The van der Waals surface area contributed by atoms with Crippen molar-refractivity contribution in [3.63, 3.8) is 0 Å². The molecule has 0 saturated carbocycles. The average Bonchev–Trinajstić information content (AvgIpc) is 3.23. The van der Waals surface area contributed by atoms with Crippen LogP contribution >= 0.6 is 0 Å². The molecule has 2 N–H and O–H groups in total. The van der Waals surface area contributed by atoms with Gasteiger partial charge in [0.25, 0.3) is 5.56 Å². The van der Waals surface area contributed by atoms with Gasteiger partial charge in [0.1, 0.15) is 18.3 Å². The molecule has 0 aliphatic carbocycles. The van der Waals surface area contributed by atoms with Crippen molar-refractivity contribution in [2.45, 2.75) is 44.7 Å².